The first-order chi connectivity index (χ1) is 15.6. The number of nitrogens with zero attached hydrogens (tertiary/aromatic N) is 2. The number of carbonyl (C=O) groups is 1. The topological polar surface area (TPSA) is 109 Å². The summed E-state index contributed by atoms with van der Waals surface area (Å²) in [6.07, 6.45) is -5.35. The molecule has 186 valence electrons. The van der Waals surface area contributed by atoms with Gasteiger partial charge in [-0.2, -0.15) is 13.2 Å². The molecule has 0 saturated heterocycles. The van der Waals surface area contributed by atoms with E-state index in [9.17, 15) is 32.6 Å². The molecule has 0 spiro atoms. The number of aryl methyl sites for hydroxylation is 1. The number of nitro groups is 1. The lowest BCUT2D eigenvalue weighted by Crippen LogP contribution is -2.33. The molecule has 0 radical (unpaired) electrons. The normalized spacial score (nSPS) is 13.9. The molecule has 8 nitrogen and oxygen atoms in total. The number of hydrogen-bond acceptors (Lipinski definition) is 7. The van der Waals surface area contributed by atoms with E-state index in [1.165, 1.54) is 13.8 Å². The number of rotatable bonds is 9. The summed E-state index contributed by atoms with van der Waals surface area (Å²) in [4.78, 5) is 26.5. The van der Waals surface area contributed by atoms with Gasteiger partial charge in [-0.05, 0) is 26.3 Å². The van der Waals surface area contributed by atoms with Crippen LogP contribution in [0.2, 0.25) is 5.02 Å². The van der Waals surface area contributed by atoms with Gasteiger partial charge in [-0.25, -0.2) is 4.98 Å². The summed E-state index contributed by atoms with van der Waals surface area (Å²) in [6, 6.07) is 2.72. The quantitative estimate of drug-likeness (QED) is 0.153. The second-order valence-electron chi connectivity index (χ2n) is 7.00. The van der Waals surface area contributed by atoms with Crippen molar-refractivity contribution < 1.29 is 36.7 Å². The first-order valence-corrected chi connectivity index (χ1v) is 11.9. The monoisotopic (exact) mass is 562 g/mol. The van der Waals surface area contributed by atoms with Gasteiger partial charge < -0.3 is 9.26 Å². The zero-order chi connectivity index (χ0) is 26.0. The predicted octanol–water partition coefficient (Wildman–Crippen LogP) is 6.28. The fraction of sp³-hybridized carbons (Fsp3) is 0.368. The summed E-state index contributed by atoms with van der Waals surface area (Å²) in [5.41, 5.74) is -1.42. The highest BCUT2D eigenvalue weighted by Crippen LogP contribution is 2.39. The fourth-order valence-corrected chi connectivity index (χ4v) is 4.38. The third-order valence-corrected chi connectivity index (χ3v) is 6.45. The van der Waals surface area contributed by atoms with Crippen LogP contribution in [0.15, 0.2) is 24.4 Å². The second kappa shape index (κ2) is 10.8. The van der Waals surface area contributed by atoms with Crippen molar-refractivity contribution in [3.05, 3.63) is 50.7 Å². The van der Waals surface area contributed by atoms with Gasteiger partial charge in [-0.15, -0.1) is 0 Å². The number of ether oxygens (including phenoxy) is 1. The summed E-state index contributed by atoms with van der Waals surface area (Å²) in [5, 5.41) is 10.7. The molecule has 1 aromatic carbocycles. The van der Waals surface area contributed by atoms with Crippen molar-refractivity contribution in [2.45, 2.75) is 43.8 Å². The third kappa shape index (κ3) is 6.82. The van der Waals surface area contributed by atoms with Gasteiger partial charge in [0.2, 0.25) is 13.9 Å². The van der Waals surface area contributed by atoms with Crippen LogP contribution in [0.5, 0.6) is 11.6 Å². The van der Waals surface area contributed by atoms with E-state index in [0.717, 1.165) is 12.1 Å². The van der Waals surface area contributed by atoms with Crippen molar-refractivity contribution in [2.24, 2.45) is 0 Å². The predicted molar refractivity (Wildman–Crippen MR) is 121 cm³/mol. The summed E-state index contributed by atoms with van der Waals surface area (Å²) in [5.74, 6) is -1.33. The lowest BCUT2D eigenvalue weighted by Gasteiger charge is -2.18. The molecule has 0 aliphatic heterocycles. The lowest BCUT2D eigenvalue weighted by molar-refractivity contribution is -0.383. The lowest BCUT2D eigenvalue weighted by atomic mass is 10.1. The number of benzene rings is 1. The van der Waals surface area contributed by atoms with Crippen molar-refractivity contribution in [3.8, 4) is 11.6 Å². The summed E-state index contributed by atoms with van der Waals surface area (Å²) in [6.45, 7) is 4.04. The number of aromatic nitrogens is 1. The van der Waals surface area contributed by atoms with Crippen LogP contribution in [0.3, 0.4) is 0 Å². The Morgan fingerprint density at radius 3 is 2.38 bits per heavy atom. The van der Waals surface area contributed by atoms with Gasteiger partial charge in [-0.3, -0.25) is 19.5 Å². The Labute approximate surface area is 207 Å². The Kier molecular flexibility index (Phi) is 8.99. The number of ketones is 1. The number of hydrogen-bond donors (Lipinski definition) is 0. The third-order valence-electron chi connectivity index (χ3n) is 4.40. The van der Waals surface area contributed by atoms with Gasteiger partial charge in [0.05, 0.1) is 10.5 Å². The molecule has 2 atom stereocenters. The molecule has 34 heavy (non-hydrogen) atoms. The summed E-state index contributed by atoms with van der Waals surface area (Å²) < 4.78 is 60.2. The zero-order valence-corrected chi connectivity index (χ0v) is 21.0. The molecular weight excluding hydrogens is 547 g/mol. The number of nitro benzene ring substituents is 1. The minimum Gasteiger partial charge on any atom is -0.437 e. The molecule has 0 bridgehead atoms. The van der Waals surface area contributed by atoms with Gasteiger partial charge in [0.25, 0.3) is 5.69 Å². The Morgan fingerprint density at radius 2 is 1.91 bits per heavy atom. The minimum atomic E-state index is -4.68. The molecule has 0 amide bonds. The SMILES string of the molecule is CCc1cc([N+](=O)[O-])c([PH](=O)OC(C)C(=O)C(C)(Cl)Cl)cc1Oc1ncc(C(F)(F)F)cc1Cl. The van der Waals surface area contributed by atoms with Gasteiger partial charge in [0.1, 0.15) is 22.2 Å². The molecule has 0 N–H and O–H groups in total. The van der Waals surface area contributed by atoms with E-state index >= 15 is 0 Å². The van der Waals surface area contributed by atoms with E-state index in [0.29, 0.717) is 12.3 Å². The number of halogens is 6. The van der Waals surface area contributed by atoms with Crippen LogP contribution in [0, 0.1) is 10.1 Å². The molecule has 0 aliphatic rings. The standard InChI is InChI=1S/C19H17Cl3F3N2O6P/c1-4-10-5-13(27(29)30)15(34(31)33-9(2)16(28)18(3,21)22)7-14(10)32-17-12(20)6-11(8-26-17)19(23,24)25/h5-9,34H,4H2,1-3H3. The maximum absolute atomic E-state index is 12.9. The largest absolute Gasteiger partial charge is 0.437 e. The summed E-state index contributed by atoms with van der Waals surface area (Å²) >= 11 is 17.3. The number of alkyl halides is 5. The molecule has 2 unspecified atom stereocenters. The highest BCUT2D eigenvalue weighted by atomic mass is 35.5. The van der Waals surface area contributed by atoms with Crippen LogP contribution in [0.25, 0.3) is 0 Å². The maximum Gasteiger partial charge on any atom is 0.417 e. The molecule has 15 heteroatoms. The van der Waals surface area contributed by atoms with E-state index in [-0.39, 0.29) is 17.7 Å². The highest BCUT2D eigenvalue weighted by molar-refractivity contribution is 7.48. The second-order valence-corrected chi connectivity index (χ2v) is 10.5. The van der Waals surface area contributed by atoms with Crippen molar-refractivity contribution in [1.29, 1.82) is 0 Å². The molecule has 1 heterocycles. The molecule has 0 saturated carbocycles. The fourth-order valence-electron chi connectivity index (χ4n) is 2.69. The van der Waals surface area contributed by atoms with Crippen LogP contribution >= 0.6 is 42.8 Å². The maximum atomic E-state index is 12.9. The molecule has 2 rings (SSSR count). The van der Waals surface area contributed by atoms with Crippen LogP contribution in [0.4, 0.5) is 18.9 Å². The van der Waals surface area contributed by atoms with Gasteiger partial charge >= 0.3 is 6.18 Å². The van der Waals surface area contributed by atoms with Crippen molar-refractivity contribution >= 4 is 59.6 Å². The Morgan fingerprint density at radius 1 is 1.29 bits per heavy atom. The van der Waals surface area contributed by atoms with Crippen molar-refractivity contribution in [2.75, 3.05) is 0 Å². The average molecular weight is 564 g/mol. The Hall–Kier alpha value is -1.91. The zero-order valence-electron chi connectivity index (χ0n) is 17.7. The first-order valence-electron chi connectivity index (χ1n) is 9.41. The smallest absolute Gasteiger partial charge is 0.417 e. The van der Waals surface area contributed by atoms with Crippen LogP contribution < -0.4 is 10.0 Å². The average Bonchev–Trinajstić information content (AvgIpc) is 2.72. The van der Waals surface area contributed by atoms with Crippen molar-refractivity contribution in [1.82, 2.24) is 4.98 Å². The summed E-state index contributed by atoms with van der Waals surface area (Å²) in [7, 11) is -3.43. The van der Waals surface area contributed by atoms with Crippen LogP contribution in [0.1, 0.15) is 31.9 Å². The Balaban J connectivity index is 2.49. The van der Waals surface area contributed by atoms with Crippen LogP contribution in [-0.2, 0) is 26.5 Å². The number of pyridine rings is 1. The molecular formula is C19H17Cl3F3N2O6P. The van der Waals surface area contributed by atoms with Crippen LogP contribution in [-0.4, -0.2) is 26.1 Å². The van der Waals surface area contributed by atoms with Gasteiger partial charge in [-0.1, -0.05) is 41.7 Å². The van der Waals surface area contributed by atoms with E-state index in [2.05, 4.69) is 4.98 Å². The number of carbonyl (C=O) groups excluding carboxylic acids is 1. The number of Topliss-reactive ketones (excluding diaryl/α,β-unsaturated/α-hetero) is 1. The Bertz CT molecular complexity index is 1140. The van der Waals surface area contributed by atoms with E-state index in [1.54, 1.807) is 6.92 Å². The highest BCUT2D eigenvalue weighted by Gasteiger charge is 2.35. The van der Waals surface area contributed by atoms with Crippen molar-refractivity contribution in [3.63, 3.8) is 0 Å². The molecule has 0 aliphatic carbocycles. The van der Waals surface area contributed by atoms with E-state index in [4.69, 9.17) is 44.1 Å². The van der Waals surface area contributed by atoms with E-state index in [1.807, 2.05) is 0 Å². The van der Waals surface area contributed by atoms with Gasteiger partial charge in [0.15, 0.2) is 10.1 Å². The van der Waals surface area contributed by atoms with E-state index < -0.39 is 62.8 Å². The molecule has 0 fully saturated rings. The van der Waals surface area contributed by atoms with Gasteiger partial charge in [0, 0.05) is 23.9 Å². The minimum absolute atomic E-state index is 0.0993. The molecule has 2 aromatic rings. The first kappa shape index (κ1) is 28.3. The molecule has 1 aromatic heterocycles.